The standard InChI is InChI=1S/C11H19F4N/c1-16-7-3-5-9-4-2-6-10(12,8-9)11(13,14)15/h9,16H,2-8H2,1H3. The summed E-state index contributed by atoms with van der Waals surface area (Å²) >= 11 is 0. The number of halogens is 4. The highest BCUT2D eigenvalue weighted by atomic mass is 19.4. The van der Waals surface area contributed by atoms with Gasteiger partial charge in [0.1, 0.15) is 0 Å². The molecule has 2 unspecified atom stereocenters. The molecule has 0 radical (unpaired) electrons. The minimum atomic E-state index is -4.70. The van der Waals surface area contributed by atoms with E-state index in [1.54, 1.807) is 7.05 Å². The zero-order chi connectivity index (χ0) is 12.2. The predicted octanol–water partition coefficient (Wildman–Crippen LogP) is 3.45. The molecule has 2 atom stereocenters. The average molecular weight is 241 g/mol. The second-order valence-corrected chi connectivity index (χ2v) is 4.67. The van der Waals surface area contributed by atoms with Crippen LogP contribution in [0.25, 0.3) is 0 Å². The molecule has 1 saturated carbocycles. The van der Waals surface area contributed by atoms with E-state index >= 15 is 0 Å². The highest BCUT2D eigenvalue weighted by Crippen LogP contribution is 2.47. The van der Waals surface area contributed by atoms with Gasteiger partial charge in [0.15, 0.2) is 0 Å². The predicted molar refractivity (Wildman–Crippen MR) is 55.0 cm³/mol. The van der Waals surface area contributed by atoms with Gasteiger partial charge < -0.3 is 5.32 Å². The lowest BCUT2D eigenvalue weighted by molar-refractivity contribution is -0.244. The highest BCUT2D eigenvalue weighted by Gasteiger charge is 2.57. The van der Waals surface area contributed by atoms with Crippen molar-refractivity contribution in [2.45, 2.75) is 50.4 Å². The fourth-order valence-corrected chi connectivity index (χ4v) is 2.40. The summed E-state index contributed by atoms with van der Waals surface area (Å²) in [4.78, 5) is 0. The largest absolute Gasteiger partial charge is 0.422 e. The summed E-state index contributed by atoms with van der Waals surface area (Å²) in [7, 11) is 1.80. The lowest BCUT2D eigenvalue weighted by atomic mass is 9.77. The fourth-order valence-electron chi connectivity index (χ4n) is 2.40. The van der Waals surface area contributed by atoms with E-state index in [-0.39, 0.29) is 18.8 Å². The lowest BCUT2D eigenvalue weighted by Crippen LogP contribution is -2.44. The Hall–Kier alpha value is -0.320. The second-order valence-electron chi connectivity index (χ2n) is 4.67. The maximum absolute atomic E-state index is 13.7. The quantitative estimate of drug-likeness (QED) is 0.587. The molecule has 16 heavy (non-hydrogen) atoms. The van der Waals surface area contributed by atoms with Gasteiger partial charge in [-0.1, -0.05) is 6.42 Å². The Balaban J connectivity index is 2.46. The van der Waals surface area contributed by atoms with Crippen LogP contribution in [0.5, 0.6) is 0 Å². The molecule has 1 aliphatic carbocycles. The van der Waals surface area contributed by atoms with Crippen LogP contribution < -0.4 is 5.32 Å². The summed E-state index contributed by atoms with van der Waals surface area (Å²) in [5.41, 5.74) is -2.93. The average Bonchev–Trinajstić information content (AvgIpc) is 2.17. The molecule has 0 bridgehead atoms. The molecule has 1 rings (SSSR count). The summed E-state index contributed by atoms with van der Waals surface area (Å²) in [6.07, 6.45) is -2.84. The Labute approximate surface area is 93.6 Å². The molecule has 1 fully saturated rings. The smallest absolute Gasteiger partial charge is 0.320 e. The third kappa shape index (κ3) is 3.34. The summed E-state index contributed by atoms with van der Waals surface area (Å²) in [5.74, 6) is -0.117. The lowest BCUT2D eigenvalue weighted by Gasteiger charge is -2.36. The van der Waals surface area contributed by atoms with Crippen LogP contribution in [0.2, 0.25) is 0 Å². The van der Waals surface area contributed by atoms with Gasteiger partial charge in [0, 0.05) is 0 Å². The van der Waals surface area contributed by atoms with Crippen LogP contribution in [0.3, 0.4) is 0 Å². The van der Waals surface area contributed by atoms with Crippen molar-refractivity contribution >= 4 is 0 Å². The number of alkyl halides is 4. The monoisotopic (exact) mass is 241 g/mol. The van der Waals surface area contributed by atoms with Gasteiger partial charge in [-0.05, 0) is 51.6 Å². The summed E-state index contributed by atoms with van der Waals surface area (Å²) in [6, 6.07) is 0. The highest BCUT2D eigenvalue weighted by molar-refractivity contribution is 4.92. The maximum atomic E-state index is 13.7. The summed E-state index contributed by atoms with van der Waals surface area (Å²) < 4.78 is 51.2. The number of hydrogen-bond acceptors (Lipinski definition) is 1. The van der Waals surface area contributed by atoms with E-state index < -0.39 is 11.8 Å². The Morgan fingerprint density at radius 1 is 1.38 bits per heavy atom. The topological polar surface area (TPSA) is 12.0 Å². The normalized spacial score (nSPS) is 31.7. The molecule has 1 nitrogen and oxygen atoms in total. The molecule has 0 aromatic carbocycles. The molecule has 1 N–H and O–H groups in total. The van der Waals surface area contributed by atoms with Crippen LogP contribution >= 0.6 is 0 Å². The van der Waals surface area contributed by atoms with Crippen molar-refractivity contribution in [2.24, 2.45) is 5.92 Å². The first-order chi connectivity index (χ1) is 7.39. The first kappa shape index (κ1) is 13.7. The molecule has 0 amide bonds. The zero-order valence-corrected chi connectivity index (χ0v) is 9.54. The van der Waals surface area contributed by atoms with E-state index in [4.69, 9.17) is 0 Å². The van der Waals surface area contributed by atoms with E-state index in [1.807, 2.05) is 0 Å². The fraction of sp³-hybridized carbons (Fsp3) is 1.00. The number of nitrogens with one attached hydrogen (secondary N) is 1. The zero-order valence-electron chi connectivity index (χ0n) is 9.54. The van der Waals surface area contributed by atoms with E-state index in [9.17, 15) is 17.6 Å². The van der Waals surface area contributed by atoms with Crippen molar-refractivity contribution in [3.8, 4) is 0 Å². The minimum Gasteiger partial charge on any atom is -0.320 e. The van der Waals surface area contributed by atoms with Crippen molar-refractivity contribution in [1.82, 2.24) is 5.32 Å². The minimum absolute atomic E-state index is 0.117. The van der Waals surface area contributed by atoms with Crippen molar-refractivity contribution in [2.75, 3.05) is 13.6 Å². The second kappa shape index (κ2) is 5.34. The third-order valence-corrected chi connectivity index (χ3v) is 3.34. The first-order valence-electron chi connectivity index (χ1n) is 5.79. The van der Waals surface area contributed by atoms with Gasteiger partial charge in [0.2, 0.25) is 5.67 Å². The molecule has 1 aliphatic rings. The van der Waals surface area contributed by atoms with Crippen molar-refractivity contribution in [3.05, 3.63) is 0 Å². The van der Waals surface area contributed by atoms with Gasteiger partial charge in [-0.25, -0.2) is 4.39 Å². The Bertz CT molecular complexity index is 217. The Kier molecular flexibility index (Phi) is 4.59. The first-order valence-corrected chi connectivity index (χ1v) is 5.79. The van der Waals surface area contributed by atoms with Crippen LogP contribution in [0, 0.1) is 5.92 Å². The van der Waals surface area contributed by atoms with Gasteiger partial charge in [0.05, 0.1) is 0 Å². The van der Waals surface area contributed by atoms with Crippen LogP contribution in [0.4, 0.5) is 17.6 Å². The SMILES string of the molecule is CNCCCC1CCCC(F)(C(F)(F)F)C1. The van der Waals surface area contributed by atoms with E-state index in [1.165, 1.54) is 0 Å². The summed E-state index contributed by atoms with van der Waals surface area (Å²) in [6.45, 7) is 0.780. The maximum Gasteiger partial charge on any atom is 0.422 e. The molecule has 0 aromatic rings. The van der Waals surface area contributed by atoms with E-state index in [0.29, 0.717) is 12.8 Å². The van der Waals surface area contributed by atoms with E-state index in [0.717, 1.165) is 19.4 Å². The van der Waals surface area contributed by atoms with Crippen LogP contribution in [0.15, 0.2) is 0 Å². The molecule has 0 saturated heterocycles. The van der Waals surface area contributed by atoms with Crippen LogP contribution in [-0.4, -0.2) is 25.4 Å². The number of hydrogen-bond donors (Lipinski definition) is 1. The molecular formula is C11H19F4N. The van der Waals surface area contributed by atoms with Crippen LogP contribution in [-0.2, 0) is 0 Å². The van der Waals surface area contributed by atoms with Crippen molar-refractivity contribution in [1.29, 1.82) is 0 Å². The number of rotatable bonds is 4. The van der Waals surface area contributed by atoms with E-state index in [2.05, 4.69) is 5.32 Å². The van der Waals surface area contributed by atoms with Crippen molar-refractivity contribution < 1.29 is 17.6 Å². The summed E-state index contributed by atoms with van der Waals surface area (Å²) in [5, 5.41) is 2.94. The Morgan fingerprint density at radius 2 is 2.06 bits per heavy atom. The molecule has 0 heterocycles. The Morgan fingerprint density at radius 3 is 2.62 bits per heavy atom. The van der Waals surface area contributed by atoms with Gasteiger partial charge >= 0.3 is 6.18 Å². The van der Waals surface area contributed by atoms with Crippen LogP contribution in [0.1, 0.15) is 38.5 Å². The molecule has 0 spiro atoms. The molecule has 0 aromatic heterocycles. The van der Waals surface area contributed by atoms with Gasteiger partial charge in [-0.2, -0.15) is 13.2 Å². The third-order valence-electron chi connectivity index (χ3n) is 3.34. The molecule has 0 aliphatic heterocycles. The molecule has 5 heteroatoms. The molecule has 96 valence electrons. The van der Waals surface area contributed by atoms with Crippen molar-refractivity contribution in [3.63, 3.8) is 0 Å². The van der Waals surface area contributed by atoms with Gasteiger partial charge in [0.25, 0.3) is 0 Å². The van der Waals surface area contributed by atoms with Gasteiger partial charge in [-0.15, -0.1) is 0 Å². The molecular weight excluding hydrogens is 222 g/mol. The van der Waals surface area contributed by atoms with Gasteiger partial charge in [-0.3, -0.25) is 0 Å².